The first kappa shape index (κ1) is 15.4. The maximum atomic E-state index is 11.8. The summed E-state index contributed by atoms with van der Waals surface area (Å²) in [5, 5.41) is 3.29. The second-order valence-corrected chi connectivity index (χ2v) is 5.36. The van der Waals surface area contributed by atoms with E-state index in [1.165, 1.54) is 26.4 Å². The normalized spacial score (nSPS) is 26.9. The van der Waals surface area contributed by atoms with E-state index in [4.69, 9.17) is 4.74 Å². The molecule has 0 radical (unpaired) electrons. The number of rotatable bonds is 6. The topological polar surface area (TPSA) is 41.6 Å². The van der Waals surface area contributed by atoms with Crippen molar-refractivity contribution in [3.8, 4) is 0 Å². The van der Waals surface area contributed by atoms with Crippen LogP contribution in [0.3, 0.4) is 0 Å². The van der Waals surface area contributed by atoms with Crippen molar-refractivity contribution < 1.29 is 9.53 Å². The highest BCUT2D eigenvalue weighted by molar-refractivity contribution is 5.75. The van der Waals surface area contributed by atoms with E-state index in [9.17, 15) is 4.79 Å². The second kappa shape index (κ2) is 7.74. The lowest BCUT2D eigenvalue weighted by Crippen LogP contribution is -2.53. The minimum absolute atomic E-state index is 0.145. The first-order chi connectivity index (χ1) is 8.60. The van der Waals surface area contributed by atoms with Gasteiger partial charge in [0.25, 0.3) is 0 Å². The van der Waals surface area contributed by atoms with Crippen LogP contribution in [0.2, 0.25) is 0 Å². The molecular formula is C14H28N2O2. The Balaban J connectivity index is 2.59. The molecule has 4 heteroatoms. The Hall–Kier alpha value is -0.610. The quantitative estimate of drug-likeness (QED) is 0.736. The van der Waals surface area contributed by atoms with E-state index < -0.39 is 0 Å². The summed E-state index contributed by atoms with van der Waals surface area (Å²) in [5.74, 6) is -0.145. The Morgan fingerprint density at radius 2 is 2.00 bits per heavy atom. The SMILES string of the molecule is CCCNC(CN1[C@H](C)CCC[C@@H]1C)C(=O)OC. The fourth-order valence-corrected chi connectivity index (χ4v) is 2.73. The van der Waals surface area contributed by atoms with Gasteiger partial charge < -0.3 is 10.1 Å². The lowest BCUT2D eigenvalue weighted by atomic mass is 9.97. The molecule has 0 aromatic rings. The van der Waals surface area contributed by atoms with Crippen LogP contribution in [0.15, 0.2) is 0 Å². The Labute approximate surface area is 111 Å². The molecule has 1 saturated heterocycles. The van der Waals surface area contributed by atoms with Gasteiger partial charge in [-0.25, -0.2) is 0 Å². The Morgan fingerprint density at radius 1 is 1.39 bits per heavy atom. The molecule has 0 bridgehead atoms. The molecule has 1 rings (SSSR count). The molecule has 106 valence electrons. The van der Waals surface area contributed by atoms with Gasteiger partial charge in [0.1, 0.15) is 6.04 Å². The van der Waals surface area contributed by atoms with Crippen LogP contribution in [0.4, 0.5) is 0 Å². The van der Waals surface area contributed by atoms with E-state index in [1.54, 1.807) is 0 Å². The van der Waals surface area contributed by atoms with Gasteiger partial charge in [0.15, 0.2) is 0 Å². The van der Waals surface area contributed by atoms with Gasteiger partial charge in [0.2, 0.25) is 0 Å². The first-order valence-electron chi connectivity index (χ1n) is 7.17. The zero-order valence-corrected chi connectivity index (χ0v) is 12.2. The molecule has 4 nitrogen and oxygen atoms in total. The van der Waals surface area contributed by atoms with E-state index >= 15 is 0 Å². The summed E-state index contributed by atoms with van der Waals surface area (Å²) in [4.78, 5) is 14.2. The van der Waals surface area contributed by atoms with Crippen LogP contribution in [0.5, 0.6) is 0 Å². The summed E-state index contributed by atoms with van der Waals surface area (Å²) in [6.45, 7) is 8.23. The number of piperidine rings is 1. The predicted molar refractivity (Wildman–Crippen MR) is 73.6 cm³/mol. The van der Waals surface area contributed by atoms with Crippen molar-refractivity contribution in [3.63, 3.8) is 0 Å². The number of hydrogen-bond donors (Lipinski definition) is 1. The molecule has 1 fully saturated rings. The fraction of sp³-hybridized carbons (Fsp3) is 0.929. The monoisotopic (exact) mass is 256 g/mol. The average Bonchev–Trinajstić information content (AvgIpc) is 2.36. The van der Waals surface area contributed by atoms with Gasteiger partial charge in [-0.3, -0.25) is 9.69 Å². The molecular weight excluding hydrogens is 228 g/mol. The van der Waals surface area contributed by atoms with Crippen LogP contribution >= 0.6 is 0 Å². The highest BCUT2D eigenvalue weighted by Gasteiger charge is 2.29. The van der Waals surface area contributed by atoms with E-state index in [-0.39, 0.29) is 12.0 Å². The van der Waals surface area contributed by atoms with E-state index in [0.717, 1.165) is 19.5 Å². The lowest BCUT2D eigenvalue weighted by molar-refractivity contribution is -0.144. The van der Waals surface area contributed by atoms with Crippen LogP contribution in [0, 0.1) is 0 Å². The summed E-state index contributed by atoms with van der Waals surface area (Å²) in [5.41, 5.74) is 0. The number of nitrogens with zero attached hydrogens (tertiary/aromatic N) is 1. The third-order valence-corrected chi connectivity index (χ3v) is 3.90. The highest BCUT2D eigenvalue weighted by Crippen LogP contribution is 2.22. The second-order valence-electron chi connectivity index (χ2n) is 5.36. The molecule has 1 unspecified atom stereocenters. The first-order valence-corrected chi connectivity index (χ1v) is 7.17. The largest absolute Gasteiger partial charge is 0.468 e. The number of nitrogens with one attached hydrogen (secondary N) is 1. The number of hydrogen-bond acceptors (Lipinski definition) is 4. The fourth-order valence-electron chi connectivity index (χ4n) is 2.73. The van der Waals surface area contributed by atoms with Crippen LogP contribution in [0.1, 0.15) is 46.5 Å². The van der Waals surface area contributed by atoms with E-state index in [2.05, 4.69) is 31.0 Å². The van der Waals surface area contributed by atoms with Gasteiger partial charge in [-0.15, -0.1) is 0 Å². The van der Waals surface area contributed by atoms with E-state index in [1.807, 2.05) is 0 Å². The molecule has 18 heavy (non-hydrogen) atoms. The van der Waals surface area contributed by atoms with Crippen molar-refractivity contribution in [2.45, 2.75) is 64.6 Å². The molecule has 1 aliphatic heterocycles. The molecule has 0 aromatic heterocycles. The molecule has 3 atom stereocenters. The van der Waals surface area contributed by atoms with Gasteiger partial charge >= 0.3 is 5.97 Å². The maximum absolute atomic E-state index is 11.8. The molecule has 1 N–H and O–H groups in total. The van der Waals surface area contributed by atoms with Crippen molar-refractivity contribution in [1.82, 2.24) is 10.2 Å². The summed E-state index contributed by atoms with van der Waals surface area (Å²) in [6, 6.07) is 0.923. The average molecular weight is 256 g/mol. The molecule has 0 saturated carbocycles. The number of methoxy groups -OCH3 is 1. The summed E-state index contributed by atoms with van der Waals surface area (Å²) in [7, 11) is 1.46. The zero-order chi connectivity index (χ0) is 13.5. The third kappa shape index (κ3) is 4.25. The Morgan fingerprint density at radius 3 is 2.50 bits per heavy atom. The van der Waals surface area contributed by atoms with Gasteiger partial charge in [-0.05, 0) is 39.7 Å². The lowest BCUT2D eigenvalue weighted by Gasteiger charge is -2.40. The number of esters is 1. The molecule has 0 spiro atoms. The summed E-state index contributed by atoms with van der Waals surface area (Å²) < 4.78 is 4.89. The smallest absolute Gasteiger partial charge is 0.324 e. The number of carbonyl (C=O) groups is 1. The molecule has 0 amide bonds. The Bertz CT molecular complexity index is 248. The third-order valence-electron chi connectivity index (χ3n) is 3.90. The van der Waals surface area contributed by atoms with Crippen LogP contribution < -0.4 is 5.32 Å². The Kier molecular flexibility index (Phi) is 6.65. The summed E-state index contributed by atoms with van der Waals surface area (Å²) >= 11 is 0. The number of ether oxygens (including phenoxy) is 1. The molecule has 0 aliphatic carbocycles. The molecule has 0 aromatic carbocycles. The van der Waals surface area contributed by atoms with Crippen molar-refractivity contribution in [3.05, 3.63) is 0 Å². The molecule has 1 heterocycles. The maximum Gasteiger partial charge on any atom is 0.324 e. The van der Waals surface area contributed by atoms with Crippen molar-refractivity contribution in [2.24, 2.45) is 0 Å². The van der Waals surface area contributed by atoms with Gasteiger partial charge in [-0.2, -0.15) is 0 Å². The van der Waals surface area contributed by atoms with Crippen LogP contribution in [-0.4, -0.2) is 49.2 Å². The van der Waals surface area contributed by atoms with Crippen molar-refractivity contribution >= 4 is 5.97 Å². The number of likely N-dealkylation sites (tertiary alicyclic amines) is 1. The number of carbonyl (C=O) groups excluding carboxylic acids is 1. The predicted octanol–water partition coefficient (Wildman–Crippen LogP) is 1.79. The van der Waals surface area contributed by atoms with Gasteiger partial charge in [0.05, 0.1) is 7.11 Å². The van der Waals surface area contributed by atoms with Crippen molar-refractivity contribution in [2.75, 3.05) is 20.2 Å². The summed E-state index contributed by atoms with van der Waals surface area (Å²) in [6.07, 6.45) is 4.78. The zero-order valence-electron chi connectivity index (χ0n) is 12.2. The molecule has 1 aliphatic rings. The van der Waals surface area contributed by atoms with Crippen LogP contribution in [0.25, 0.3) is 0 Å². The van der Waals surface area contributed by atoms with Crippen molar-refractivity contribution in [1.29, 1.82) is 0 Å². The minimum Gasteiger partial charge on any atom is -0.468 e. The standard InChI is InChI=1S/C14H28N2O2/c1-5-9-15-13(14(17)18-4)10-16-11(2)7-6-8-12(16)3/h11-13,15H,5-10H2,1-4H3/t11-,12+,13?. The van der Waals surface area contributed by atoms with Crippen LogP contribution in [-0.2, 0) is 9.53 Å². The van der Waals surface area contributed by atoms with Gasteiger partial charge in [-0.1, -0.05) is 13.3 Å². The minimum atomic E-state index is -0.196. The van der Waals surface area contributed by atoms with E-state index in [0.29, 0.717) is 12.1 Å². The van der Waals surface area contributed by atoms with Gasteiger partial charge in [0, 0.05) is 18.6 Å². The highest BCUT2D eigenvalue weighted by atomic mass is 16.5.